The number of nitro groups is 1. The van der Waals surface area contributed by atoms with Crippen LogP contribution < -0.4 is 10.1 Å². The van der Waals surface area contributed by atoms with E-state index in [-0.39, 0.29) is 27.2 Å². The summed E-state index contributed by atoms with van der Waals surface area (Å²) in [6.07, 6.45) is 0. The number of benzene rings is 2. The first kappa shape index (κ1) is 19.9. The topological polar surface area (TPSA) is 116 Å². The predicted octanol–water partition coefficient (Wildman–Crippen LogP) is 3.58. The van der Waals surface area contributed by atoms with E-state index in [9.17, 15) is 27.2 Å². The van der Waals surface area contributed by atoms with Crippen LogP contribution in [0.1, 0.15) is 0 Å². The van der Waals surface area contributed by atoms with Gasteiger partial charge in [0, 0.05) is 12.1 Å². The Morgan fingerprint density at radius 2 is 1.88 bits per heavy atom. The fraction of sp³-hybridized carbons (Fsp3) is 0.0714. The van der Waals surface area contributed by atoms with Crippen molar-refractivity contribution < 1.29 is 26.8 Å². The van der Waals surface area contributed by atoms with Gasteiger partial charge < -0.3 is 10.1 Å². The highest BCUT2D eigenvalue weighted by molar-refractivity contribution is 7.86. The number of nitrogens with zero attached hydrogens (tertiary/aromatic N) is 1. The molecule has 0 saturated carbocycles. The van der Waals surface area contributed by atoms with Crippen molar-refractivity contribution in [2.45, 2.75) is 4.90 Å². The lowest BCUT2D eigenvalue weighted by molar-refractivity contribution is -0.384. The van der Waals surface area contributed by atoms with Crippen molar-refractivity contribution in [1.29, 1.82) is 0 Å². The van der Waals surface area contributed by atoms with Crippen molar-refractivity contribution in [3.63, 3.8) is 0 Å². The van der Waals surface area contributed by atoms with Crippen LogP contribution in [-0.2, 0) is 15.0 Å². The molecule has 0 unspecified atom stereocenters. The van der Waals surface area contributed by atoms with Crippen molar-refractivity contribution in [2.75, 3.05) is 11.9 Å². The SMILES string of the molecule is O=C(COc1ccc([N+](=O)[O-])cc1Cl)Nc1cc(S(=O)(=O)F)ccc1Cl. The number of carbonyl (C=O) groups is 1. The van der Waals surface area contributed by atoms with Crippen LogP contribution in [0.2, 0.25) is 10.0 Å². The lowest BCUT2D eigenvalue weighted by Gasteiger charge is -2.10. The van der Waals surface area contributed by atoms with Gasteiger partial charge in [0.15, 0.2) is 6.61 Å². The number of hydrogen-bond donors (Lipinski definition) is 1. The van der Waals surface area contributed by atoms with E-state index in [0.717, 1.165) is 30.3 Å². The molecule has 0 fully saturated rings. The Hall–Kier alpha value is -2.43. The molecule has 0 heterocycles. The average Bonchev–Trinajstić information content (AvgIpc) is 2.54. The number of halogens is 3. The van der Waals surface area contributed by atoms with Crippen LogP contribution in [-0.4, -0.2) is 25.9 Å². The molecule has 12 heteroatoms. The molecule has 0 aliphatic heterocycles. The molecule has 2 aromatic rings. The zero-order chi connectivity index (χ0) is 19.5. The number of carbonyl (C=O) groups excluding carboxylic acids is 1. The summed E-state index contributed by atoms with van der Waals surface area (Å²) in [7, 11) is -4.96. The quantitative estimate of drug-likeness (QED) is 0.432. The molecular weight excluding hydrogens is 414 g/mol. The van der Waals surface area contributed by atoms with E-state index >= 15 is 0 Å². The Kier molecular flexibility index (Phi) is 6.01. The van der Waals surface area contributed by atoms with Gasteiger partial charge in [-0.25, -0.2) is 0 Å². The fourth-order valence-corrected chi connectivity index (χ4v) is 2.69. The highest BCUT2D eigenvalue weighted by atomic mass is 35.5. The van der Waals surface area contributed by atoms with Crippen LogP contribution in [0.3, 0.4) is 0 Å². The molecule has 1 N–H and O–H groups in total. The van der Waals surface area contributed by atoms with Gasteiger partial charge in [0.25, 0.3) is 11.6 Å². The van der Waals surface area contributed by atoms with Gasteiger partial charge in [-0.3, -0.25) is 14.9 Å². The summed E-state index contributed by atoms with van der Waals surface area (Å²) in [5.74, 6) is -0.715. The molecule has 26 heavy (non-hydrogen) atoms. The number of amides is 1. The molecule has 0 aliphatic rings. The molecule has 8 nitrogen and oxygen atoms in total. The van der Waals surface area contributed by atoms with E-state index in [4.69, 9.17) is 27.9 Å². The fourth-order valence-electron chi connectivity index (χ4n) is 1.80. The summed E-state index contributed by atoms with van der Waals surface area (Å²) in [6.45, 7) is -0.555. The van der Waals surface area contributed by atoms with Crippen molar-refractivity contribution in [2.24, 2.45) is 0 Å². The van der Waals surface area contributed by atoms with Crippen LogP contribution >= 0.6 is 23.2 Å². The molecule has 2 rings (SSSR count). The Balaban J connectivity index is 2.07. The molecule has 138 valence electrons. The normalized spacial score (nSPS) is 11.0. The maximum Gasteiger partial charge on any atom is 0.332 e. The molecule has 0 bridgehead atoms. The molecule has 0 aliphatic carbocycles. The number of non-ortho nitro benzene ring substituents is 1. The Morgan fingerprint density at radius 1 is 1.19 bits per heavy atom. The Bertz CT molecular complexity index is 983. The number of anilines is 1. The summed E-state index contributed by atoms with van der Waals surface area (Å²) in [5.41, 5.74) is -0.378. The maximum absolute atomic E-state index is 13.0. The lowest BCUT2D eigenvalue weighted by atomic mass is 10.3. The monoisotopic (exact) mass is 422 g/mol. The van der Waals surface area contributed by atoms with E-state index in [1.54, 1.807) is 0 Å². The minimum Gasteiger partial charge on any atom is -0.482 e. The van der Waals surface area contributed by atoms with Gasteiger partial charge in [0.1, 0.15) is 10.6 Å². The van der Waals surface area contributed by atoms with E-state index in [0.29, 0.717) is 0 Å². The van der Waals surface area contributed by atoms with Gasteiger partial charge in [-0.2, -0.15) is 8.42 Å². The minimum atomic E-state index is -4.96. The first-order valence-electron chi connectivity index (χ1n) is 6.69. The second kappa shape index (κ2) is 7.85. The summed E-state index contributed by atoms with van der Waals surface area (Å²) in [4.78, 5) is 21.2. The molecule has 0 saturated heterocycles. The number of rotatable bonds is 6. The third-order valence-corrected chi connectivity index (χ3v) is 4.42. The van der Waals surface area contributed by atoms with Crippen LogP contribution in [0, 0.1) is 10.1 Å². The van der Waals surface area contributed by atoms with Crippen LogP contribution in [0.25, 0.3) is 0 Å². The molecule has 0 spiro atoms. The molecular formula is C14H9Cl2FN2O6S. The Morgan fingerprint density at radius 3 is 2.46 bits per heavy atom. The number of ether oxygens (including phenoxy) is 1. The van der Waals surface area contributed by atoms with Gasteiger partial charge in [-0.15, -0.1) is 3.89 Å². The van der Waals surface area contributed by atoms with Crippen molar-refractivity contribution in [1.82, 2.24) is 0 Å². The van der Waals surface area contributed by atoms with Gasteiger partial charge >= 0.3 is 10.2 Å². The van der Waals surface area contributed by atoms with Crippen molar-refractivity contribution >= 4 is 50.7 Å². The van der Waals surface area contributed by atoms with Crippen LogP contribution in [0.4, 0.5) is 15.3 Å². The molecule has 2 aromatic carbocycles. The predicted molar refractivity (Wildman–Crippen MR) is 92.0 cm³/mol. The summed E-state index contributed by atoms with van der Waals surface area (Å²) < 4.78 is 39.9. The van der Waals surface area contributed by atoms with E-state index in [1.807, 2.05) is 0 Å². The maximum atomic E-state index is 13.0. The number of hydrogen-bond acceptors (Lipinski definition) is 6. The molecule has 1 amide bonds. The summed E-state index contributed by atoms with van der Waals surface area (Å²) in [6, 6.07) is 6.33. The van der Waals surface area contributed by atoms with Crippen molar-refractivity contribution in [3.05, 3.63) is 56.6 Å². The van der Waals surface area contributed by atoms with Gasteiger partial charge in [-0.1, -0.05) is 23.2 Å². The highest BCUT2D eigenvalue weighted by Crippen LogP contribution is 2.29. The zero-order valence-electron chi connectivity index (χ0n) is 12.6. The van der Waals surface area contributed by atoms with Gasteiger partial charge in [0.2, 0.25) is 0 Å². The third-order valence-electron chi connectivity index (χ3n) is 2.98. The second-order valence-electron chi connectivity index (χ2n) is 4.79. The van der Waals surface area contributed by atoms with Gasteiger partial charge in [0.05, 0.1) is 20.7 Å². The number of nitro benzene ring substituents is 1. The summed E-state index contributed by atoms with van der Waals surface area (Å²) in [5, 5.41) is 12.8. The molecule has 0 radical (unpaired) electrons. The zero-order valence-corrected chi connectivity index (χ0v) is 14.9. The highest BCUT2D eigenvalue weighted by Gasteiger charge is 2.16. The minimum absolute atomic E-state index is 0.0147. The summed E-state index contributed by atoms with van der Waals surface area (Å²) >= 11 is 11.6. The smallest absolute Gasteiger partial charge is 0.332 e. The largest absolute Gasteiger partial charge is 0.482 e. The van der Waals surface area contributed by atoms with E-state index < -0.39 is 32.6 Å². The third kappa shape index (κ3) is 5.04. The number of nitrogens with one attached hydrogen (secondary N) is 1. The van der Waals surface area contributed by atoms with Crippen LogP contribution in [0.5, 0.6) is 5.75 Å². The first-order chi connectivity index (χ1) is 12.1. The molecule has 0 atom stereocenters. The van der Waals surface area contributed by atoms with Crippen molar-refractivity contribution in [3.8, 4) is 5.75 Å². The molecule has 0 aromatic heterocycles. The van der Waals surface area contributed by atoms with Crippen LogP contribution in [0.15, 0.2) is 41.3 Å². The second-order valence-corrected chi connectivity index (χ2v) is 6.95. The Labute approximate surface area is 156 Å². The van der Waals surface area contributed by atoms with E-state index in [1.165, 1.54) is 6.07 Å². The standard InChI is InChI=1S/C14H9Cl2FN2O6S/c15-10-3-2-9(26(17,23)24)6-12(10)18-14(20)7-25-13-4-1-8(19(21)22)5-11(13)16/h1-6H,7H2,(H,18,20). The van der Waals surface area contributed by atoms with E-state index in [2.05, 4.69) is 5.32 Å². The average molecular weight is 423 g/mol. The first-order valence-corrected chi connectivity index (χ1v) is 8.82. The van der Waals surface area contributed by atoms with Gasteiger partial charge in [-0.05, 0) is 24.3 Å². The lowest BCUT2D eigenvalue weighted by Crippen LogP contribution is -2.20.